The Balaban J connectivity index is 2.14. The summed E-state index contributed by atoms with van der Waals surface area (Å²) in [7, 11) is 1.60. The number of methoxy groups -OCH3 is 1. The predicted octanol–water partition coefficient (Wildman–Crippen LogP) is 4.67. The van der Waals surface area contributed by atoms with Gasteiger partial charge in [-0.25, -0.2) is 0 Å². The van der Waals surface area contributed by atoms with Crippen LogP contribution in [0, 0.1) is 20.8 Å². The van der Waals surface area contributed by atoms with Crippen molar-refractivity contribution < 1.29 is 14.3 Å². The molecule has 4 heteroatoms. The van der Waals surface area contributed by atoms with Crippen molar-refractivity contribution in [3.05, 3.63) is 58.7 Å². The van der Waals surface area contributed by atoms with Gasteiger partial charge in [0.05, 0.1) is 13.7 Å². The number of aryl methyl sites for hydroxylation is 3. The molecule has 25 heavy (non-hydrogen) atoms. The summed E-state index contributed by atoms with van der Waals surface area (Å²) in [5, 5.41) is 2.96. The maximum Gasteiger partial charge on any atom is 0.248 e. The zero-order valence-electron chi connectivity index (χ0n) is 15.5. The van der Waals surface area contributed by atoms with Crippen molar-refractivity contribution in [3.8, 4) is 11.5 Å². The first-order valence-corrected chi connectivity index (χ1v) is 8.32. The zero-order chi connectivity index (χ0) is 18.4. The van der Waals surface area contributed by atoms with Crippen LogP contribution in [0.25, 0.3) is 6.08 Å². The highest BCUT2D eigenvalue weighted by molar-refractivity contribution is 6.02. The van der Waals surface area contributed by atoms with Crippen molar-refractivity contribution in [3.63, 3.8) is 0 Å². The summed E-state index contributed by atoms with van der Waals surface area (Å²) in [5.41, 5.74) is 5.04. The minimum atomic E-state index is -0.163. The van der Waals surface area contributed by atoms with E-state index >= 15 is 0 Å². The normalized spacial score (nSPS) is 10.8. The van der Waals surface area contributed by atoms with Crippen LogP contribution < -0.4 is 14.8 Å². The lowest BCUT2D eigenvalue weighted by atomic mass is 10.1. The minimum absolute atomic E-state index is 0.163. The number of ether oxygens (including phenoxy) is 2. The topological polar surface area (TPSA) is 47.6 Å². The van der Waals surface area contributed by atoms with Gasteiger partial charge in [-0.3, -0.25) is 4.79 Å². The Hall–Kier alpha value is -2.75. The lowest BCUT2D eigenvalue weighted by molar-refractivity contribution is -0.111. The Labute approximate surface area is 149 Å². The van der Waals surface area contributed by atoms with Gasteiger partial charge < -0.3 is 14.8 Å². The van der Waals surface area contributed by atoms with E-state index in [1.807, 2.05) is 45.9 Å². The van der Waals surface area contributed by atoms with Crippen LogP contribution in [0.2, 0.25) is 0 Å². The minimum Gasteiger partial charge on any atom is -0.493 e. The number of hydrogen-bond acceptors (Lipinski definition) is 3. The van der Waals surface area contributed by atoms with Gasteiger partial charge in [-0.1, -0.05) is 23.8 Å². The first-order chi connectivity index (χ1) is 11.9. The third-order valence-electron chi connectivity index (χ3n) is 3.84. The molecule has 4 nitrogen and oxygen atoms in total. The third kappa shape index (κ3) is 4.86. The third-order valence-corrected chi connectivity index (χ3v) is 3.84. The number of benzene rings is 2. The number of carbonyl (C=O) groups excluding carboxylic acids is 1. The first-order valence-electron chi connectivity index (χ1n) is 8.32. The van der Waals surface area contributed by atoms with Gasteiger partial charge in [0, 0.05) is 11.8 Å². The zero-order valence-corrected chi connectivity index (χ0v) is 15.5. The van der Waals surface area contributed by atoms with Crippen molar-refractivity contribution in [1.82, 2.24) is 0 Å². The summed E-state index contributed by atoms with van der Waals surface area (Å²) in [6.45, 7) is 8.51. The van der Waals surface area contributed by atoms with Crippen LogP contribution in [0.1, 0.15) is 29.2 Å². The molecule has 0 heterocycles. The van der Waals surface area contributed by atoms with Crippen molar-refractivity contribution in [2.45, 2.75) is 27.7 Å². The number of rotatable bonds is 6. The molecular weight excluding hydrogens is 314 g/mol. The Morgan fingerprint density at radius 3 is 2.36 bits per heavy atom. The summed E-state index contributed by atoms with van der Waals surface area (Å²) in [5.74, 6) is 1.18. The molecule has 0 spiro atoms. The summed E-state index contributed by atoms with van der Waals surface area (Å²) < 4.78 is 10.8. The van der Waals surface area contributed by atoms with Crippen LogP contribution in [-0.2, 0) is 4.79 Å². The summed E-state index contributed by atoms with van der Waals surface area (Å²) in [6, 6.07) is 9.69. The van der Waals surface area contributed by atoms with Gasteiger partial charge >= 0.3 is 0 Å². The van der Waals surface area contributed by atoms with Crippen LogP contribution in [0.4, 0.5) is 5.69 Å². The molecule has 0 aromatic heterocycles. The second-order valence-corrected chi connectivity index (χ2v) is 5.94. The van der Waals surface area contributed by atoms with Crippen LogP contribution in [-0.4, -0.2) is 19.6 Å². The fourth-order valence-electron chi connectivity index (χ4n) is 2.78. The van der Waals surface area contributed by atoms with E-state index in [0.717, 1.165) is 22.4 Å². The maximum absolute atomic E-state index is 12.3. The van der Waals surface area contributed by atoms with Gasteiger partial charge in [-0.2, -0.15) is 0 Å². The molecule has 0 aliphatic rings. The van der Waals surface area contributed by atoms with Gasteiger partial charge in [-0.15, -0.1) is 0 Å². The van der Waals surface area contributed by atoms with E-state index in [0.29, 0.717) is 18.1 Å². The Kier molecular flexibility index (Phi) is 6.23. The predicted molar refractivity (Wildman–Crippen MR) is 102 cm³/mol. The molecule has 0 aliphatic carbocycles. The van der Waals surface area contributed by atoms with Crippen LogP contribution in [0.3, 0.4) is 0 Å². The molecule has 0 atom stereocenters. The lowest BCUT2D eigenvalue weighted by Crippen LogP contribution is -2.10. The van der Waals surface area contributed by atoms with Gasteiger partial charge in [0.2, 0.25) is 5.91 Å². The number of carbonyl (C=O) groups is 1. The molecule has 1 N–H and O–H groups in total. The quantitative estimate of drug-likeness (QED) is 0.778. The molecule has 132 valence electrons. The molecule has 2 aromatic rings. The molecule has 0 aliphatic heterocycles. The molecule has 0 saturated heterocycles. The Morgan fingerprint density at radius 2 is 1.76 bits per heavy atom. The van der Waals surface area contributed by atoms with Crippen LogP contribution in [0.5, 0.6) is 11.5 Å². The van der Waals surface area contributed by atoms with Gasteiger partial charge in [0.1, 0.15) is 0 Å². The highest BCUT2D eigenvalue weighted by Gasteiger charge is 2.07. The molecule has 2 aromatic carbocycles. The maximum atomic E-state index is 12.3. The molecule has 0 bridgehead atoms. The second-order valence-electron chi connectivity index (χ2n) is 5.94. The van der Waals surface area contributed by atoms with Crippen LogP contribution >= 0.6 is 0 Å². The molecule has 0 radical (unpaired) electrons. The summed E-state index contributed by atoms with van der Waals surface area (Å²) in [4.78, 5) is 12.3. The molecule has 2 rings (SSSR count). The van der Waals surface area contributed by atoms with E-state index < -0.39 is 0 Å². The highest BCUT2D eigenvalue weighted by Crippen LogP contribution is 2.28. The number of hydrogen-bond donors (Lipinski definition) is 1. The molecule has 0 unspecified atom stereocenters. The van der Waals surface area contributed by atoms with E-state index in [9.17, 15) is 4.79 Å². The highest BCUT2D eigenvalue weighted by atomic mass is 16.5. The van der Waals surface area contributed by atoms with E-state index in [2.05, 4.69) is 17.4 Å². The van der Waals surface area contributed by atoms with E-state index in [1.54, 1.807) is 13.2 Å². The standard InChI is InChI=1S/C21H25NO3/c1-6-25-19-13-17(7-9-18(19)24-5)8-10-20(23)22-21-15(3)11-14(2)12-16(21)4/h7-13H,6H2,1-5H3,(H,22,23)/b10-8+. The van der Waals surface area contributed by atoms with E-state index in [4.69, 9.17) is 9.47 Å². The first kappa shape index (κ1) is 18.6. The number of amides is 1. The number of anilines is 1. The van der Waals surface area contributed by atoms with E-state index in [1.165, 1.54) is 11.6 Å². The second kappa shape index (κ2) is 8.38. The molecule has 0 fully saturated rings. The average molecular weight is 339 g/mol. The van der Waals surface area contributed by atoms with Crippen molar-refractivity contribution in [2.75, 3.05) is 19.0 Å². The van der Waals surface area contributed by atoms with Gasteiger partial charge in [-0.05, 0) is 62.6 Å². The smallest absolute Gasteiger partial charge is 0.248 e. The largest absolute Gasteiger partial charge is 0.493 e. The summed E-state index contributed by atoms with van der Waals surface area (Å²) in [6.07, 6.45) is 3.28. The summed E-state index contributed by atoms with van der Waals surface area (Å²) >= 11 is 0. The monoisotopic (exact) mass is 339 g/mol. The molecule has 1 amide bonds. The average Bonchev–Trinajstić information content (AvgIpc) is 2.56. The van der Waals surface area contributed by atoms with Gasteiger partial charge in [0.25, 0.3) is 0 Å². The van der Waals surface area contributed by atoms with Crippen molar-refractivity contribution in [2.24, 2.45) is 0 Å². The van der Waals surface area contributed by atoms with Gasteiger partial charge in [0.15, 0.2) is 11.5 Å². The fourth-order valence-corrected chi connectivity index (χ4v) is 2.78. The van der Waals surface area contributed by atoms with Crippen molar-refractivity contribution in [1.29, 1.82) is 0 Å². The lowest BCUT2D eigenvalue weighted by Gasteiger charge is -2.11. The fraction of sp³-hybridized carbons (Fsp3) is 0.286. The van der Waals surface area contributed by atoms with Crippen molar-refractivity contribution >= 4 is 17.7 Å². The Morgan fingerprint density at radius 1 is 1.08 bits per heavy atom. The SMILES string of the molecule is CCOc1cc(/C=C/C(=O)Nc2c(C)cc(C)cc2C)ccc1OC. The van der Waals surface area contributed by atoms with Crippen LogP contribution in [0.15, 0.2) is 36.4 Å². The van der Waals surface area contributed by atoms with E-state index in [-0.39, 0.29) is 5.91 Å². The molecular formula is C21H25NO3. The number of nitrogens with one attached hydrogen (secondary N) is 1. The Bertz CT molecular complexity index is 771. The molecule has 0 saturated carbocycles.